The highest BCUT2D eigenvalue weighted by molar-refractivity contribution is 6.00. The zero-order valence-electron chi connectivity index (χ0n) is 10.3. The summed E-state index contributed by atoms with van der Waals surface area (Å²) in [7, 11) is 0. The number of benzene rings is 1. The number of terminal acetylenes is 1. The molecular weight excluding hydrogens is 242 g/mol. The second-order valence-electron chi connectivity index (χ2n) is 4.52. The molecule has 4 heteroatoms. The van der Waals surface area contributed by atoms with Crippen molar-refractivity contribution in [2.75, 3.05) is 0 Å². The van der Waals surface area contributed by atoms with E-state index < -0.39 is 4.92 Å². The Bertz CT molecular complexity index is 578. The van der Waals surface area contributed by atoms with Gasteiger partial charge < -0.3 is 0 Å². The first-order chi connectivity index (χ1) is 9.11. The lowest BCUT2D eigenvalue weighted by Gasteiger charge is -2.19. The Morgan fingerprint density at radius 2 is 2.05 bits per heavy atom. The molecule has 2 rings (SSSR count). The van der Waals surface area contributed by atoms with Gasteiger partial charge in [-0.25, -0.2) is 0 Å². The summed E-state index contributed by atoms with van der Waals surface area (Å²) in [5.41, 5.74) is 1.84. The van der Waals surface area contributed by atoms with Gasteiger partial charge in [-0.15, -0.1) is 12.3 Å². The predicted octanol–water partition coefficient (Wildman–Crippen LogP) is 2.98. The van der Waals surface area contributed by atoms with E-state index in [4.69, 9.17) is 6.42 Å². The molecule has 0 N–H and O–H groups in total. The van der Waals surface area contributed by atoms with Gasteiger partial charge in [0, 0.05) is 24.5 Å². The molecule has 1 atom stereocenters. The van der Waals surface area contributed by atoms with Crippen molar-refractivity contribution in [3.63, 3.8) is 0 Å². The lowest BCUT2D eigenvalue weighted by Crippen LogP contribution is -2.16. The molecule has 0 aliphatic heterocycles. The Kier molecular flexibility index (Phi) is 3.76. The van der Waals surface area contributed by atoms with Crippen LogP contribution in [-0.4, -0.2) is 10.7 Å². The number of carbonyl (C=O) groups excluding carboxylic acids is 1. The van der Waals surface area contributed by atoms with Gasteiger partial charge in [-0.3, -0.25) is 14.9 Å². The summed E-state index contributed by atoms with van der Waals surface area (Å²) in [6.45, 7) is 0. The SMILES string of the molecule is C#CCC1CCC(c2ccc([N+](=O)[O-])cc2)=CC1=O. The zero-order valence-corrected chi connectivity index (χ0v) is 10.3. The van der Waals surface area contributed by atoms with Crippen molar-refractivity contribution in [1.29, 1.82) is 0 Å². The summed E-state index contributed by atoms with van der Waals surface area (Å²) in [4.78, 5) is 22.0. The molecule has 1 aliphatic rings. The number of nitro groups is 1. The first-order valence-corrected chi connectivity index (χ1v) is 6.04. The fourth-order valence-electron chi connectivity index (χ4n) is 2.20. The molecule has 19 heavy (non-hydrogen) atoms. The van der Waals surface area contributed by atoms with Crippen molar-refractivity contribution in [3.8, 4) is 12.3 Å². The van der Waals surface area contributed by atoms with E-state index >= 15 is 0 Å². The third-order valence-corrected chi connectivity index (χ3v) is 3.29. The van der Waals surface area contributed by atoms with Crippen LogP contribution >= 0.6 is 0 Å². The van der Waals surface area contributed by atoms with E-state index in [9.17, 15) is 14.9 Å². The molecule has 0 radical (unpaired) electrons. The molecule has 0 fully saturated rings. The normalized spacial score (nSPS) is 18.6. The zero-order chi connectivity index (χ0) is 13.8. The molecule has 0 saturated heterocycles. The quantitative estimate of drug-likeness (QED) is 0.474. The van der Waals surface area contributed by atoms with E-state index in [1.54, 1.807) is 18.2 Å². The number of ketones is 1. The van der Waals surface area contributed by atoms with Crippen LogP contribution in [0.2, 0.25) is 0 Å². The largest absolute Gasteiger partial charge is 0.294 e. The summed E-state index contributed by atoms with van der Waals surface area (Å²) in [5, 5.41) is 10.6. The fraction of sp³-hybridized carbons (Fsp3) is 0.267. The average molecular weight is 255 g/mol. The Hall–Kier alpha value is -2.41. The highest BCUT2D eigenvalue weighted by Gasteiger charge is 2.22. The van der Waals surface area contributed by atoms with Gasteiger partial charge in [-0.05, 0) is 42.2 Å². The lowest BCUT2D eigenvalue weighted by atomic mass is 9.84. The Balaban J connectivity index is 2.19. The highest BCUT2D eigenvalue weighted by Crippen LogP contribution is 2.30. The van der Waals surface area contributed by atoms with Crippen LogP contribution in [0.1, 0.15) is 24.8 Å². The summed E-state index contributed by atoms with van der Waals surface area (Å²) >= 11 is 0. The minimum atomic E-state index is -0.437. The van der Waals surface area contributed by atoms with E-state index in [0.717, 1.165) is 24.0 Å². The first kappa shape index (κ1) is 13.0. The minimum absolute atomic E-state index is 0.0525. The van der Waals surface area contributed by atoms with Crippen LogP contribution in [0.5, 0.6) is 0 Å². The number of nitrogens with zero attached hydrogens (tertiary/aromatic N) is 1. The Morgan fingerprint density at radius 1 is 1.37 bits per heavy atom. The molecule has 0 bridgehead atoms. The monoisotopic (exact) mass is 255 g/mol. The van der Waals surface area contributed by atoms with Crippen molar-refractivity contribution in [2.45, 2.75) is 19.3 Å². The van der Waals surface area contributed by atoms with Crippen molar-refractivity contribution in [2.24, 2.45) is 5.92 Å². The van der Waals surface area contributed by atoms with Crippen LogP contribution in [0, 0.1) is 28.4 Å². The smallest absolute Gasteiger partial charge is 0.269 e. The molecule has 4 nitrogen and oxygen atoms in total. The summed E-state index contributed by atoms with van der Waals surface area (Å²) < 4.78 is 0. The number of carbonyl (C=O) groups is 1. The van der Waals surface area contributed by atoms with Crippen LogP contribution in [0.15, 0.2) is 30.3 Å². The number of non-ortho nitro benzene ring substituents is 1. The van der Waals surface area contributed by atoms with Gasteiger partial charge in [0.15, 0.2) is 5.78 Å². The third-order valence-electron chi connectivity index (χ3n) is 3.29. The molecule has 0 heterocycles. The van der Waals surface area contributed by atoms with E-state index in [2.05, 4.69) is 5.92 Å². The van der Waals surface area contributed by atoms with Gasteiger partial charge in [-0.2, -0.15) is 0 Å². The number of nitro benzene ring substituents is 1. The summed E-state index contributed by atoms with van der Waals surface area (Å²) in [6, 6.07) is 6.26. The van der Waals surface area contributed by atoms with Gasteiger partial charge >= 0.3 is 0 Å². The van der Waals surface area contributed by atoms with Gasteiger partial charge in [0.1, 0.15) is 0 Å². The molecule has 1 aromatic carbocycles. The van der Waals surface area contributed by atoms with Crippen LogP contribution < -0.4 is 0 Å². The topological polar surface area (TPSA) is 60.2 Å². The molecule has 96 valence electrons. The van der Waals surface area contributed by atoms with Crippen molar-refractivity contribution < 1.29 is 9.72 Å². The molecule has 0 aromatic heterocycles. The molecule has 0 saturated carbocycles. The van der Waals surface area contributed by atoms with Gasteiger partial charge in [0.2, 0.25) is 0 Å². The molecule has 0 amide bonds. The van der Waals surface area contributed by atoms with Crippen LogP contribution in [0.25, 0.3) is 5.57 Å². The van der Waals surface area contributed by atoms with Crippen LogP contribution in [0.4, 0.5) is 5.69 Å². The maximum absolute atomic E-state index is 11.9. The Labute approximate surface area is 111 Å². The predicted molar refractivity (Wildman–Crippen MR) is 72.3 cm³/mol. The van der Waals surface area contributed by atoms with Gasteiger partial charge in [0.25, 0.3) is 5.69 Å². The number of allylic oxidation sites excluding steroid dienone is 2. The molecule has 1 aromatic rings. The van der Waals surface area contributed by atoms with E-state index in [1.807, 2.05) is 0 Å². The van der Waals surface area contributed by atoms with Crippen LogP contribution in [0.3, 0.4) is 0 Å². The standard InChI is InChI=1S/C15H13NO3/c1-2-3-12-4-5-13(10-15(12)17)11-6-8-14(9-7-11)16(18)19/h1,6-10,12H,3-5H2. The number of hydrogen-bond donors (Lipinski definition) is 0. The average Bonchev–Trinajstić information content (AvgIpc) is 2.41. The molecule has 1 unspecified atom stereocenters. The maximum atomic E-state index is 11.9. The fourth-order valence-corrected chi connectivity index (χ4v) is 2.20. The summed E-state index contributed by atoms with van der Waals surface area (Å²) in [6.07, 6.45) is 8.83. The maximum Gasteiger partial charge on any atom is 0.269 e. The second-order valence-corrected chi connectivity index (χ2v) is 4.52. The first-order valence-electron chi connectivity index (χ1n) is 6.04. The van der Waals surface area contributed by atoms with Crippen molar-refractivity contribution in [3.05, 3.63) is 46.0 Å². The van der Waals surface area contributed by atoms with Crippen molar-refractivity contribution in [1.82, 2.24) is 0 Å². The molecule has 1 aliphatic carbocycles. The van der Waals surface area contributed by atoms with E-state index in [-0.39, 0.29) is 17.4 Å². The number of rotatable bonds is 3. The van der Waals surface area contributed by atoms with Crippen LogP contribution in [-0.2, 0) is 4.79 Å². The Morgan fingerprint density at radius 3 is 2.58 bits per heavy atom. The molecule has 0 spiro atoms. The molecular formula is C15H13NO3. The van der Waals surface area contributed by atoms with Gasteiger partial charge in [-0.1, -0.05) is 0 Å². The number of hydrogen-bond acceptors (Lipinski definition) is 3. The third kappa shape index (κ3) is 2.89. The van der Waals surface area contributed by atoms with Gasteiger partial charge in [0.05, 0.1) is 4.92 Å². The van der Waals surface area contributed by atoms with E-state index in [1.165, 1.54) is 12.1 Å². The summed E-state index contributed by atoms with van der Waals surface area (Å²) in [5.74, 6) is 2.49. The highest BCUT2D eigenvalue weighted by atomic mass is 16.6. The van der Waals surface area contributed by atoms with Crippen molar-refractivity contribution >= 4 is 17.0 Å². The minimum Gasteiger partial charge on any atom is -0.294 e. The van der Waals surface area contributed by atoms with E-state index in [0.29, 0.717) is 6.42 Å². The second kappa shape index (κ2) is 5.49. The lowest BCUT2D eigenvalue weighted by molar-refractivity contribution is -0.384.